The van der Waals surface area contributed by atoms with Crippen LogP contribution < -0.4 is 0 Å². The Kier molecular flexibility index (Phi) is 5.18. The van der Waals surface area contributed by atoms with Gasteiger partial charge in [0.25, 0.3) is 0 Å². The lowest BCUT2D eigenvalue weighted by Gasteiger charge is -2.62. The SMILES string of the molecule is CC(O)C(C)[C@H]1CC[C@H]2[C@@H]3CC[C@H]4C[C@](O)(C(F)(F)F)CC[C@]4(C)[C@H]3CC[C@]12C. The molecule has 0 aromatic heterocycles. The Morgan fingerprint density at radius 3 is 2.14 bits per heavy atom. The van der Waals surface area contributed by atoms with Crippen molar-refractivity contribution in [3.63, 3.8) is 0 Å². The zero-order chi connectivity index (χ0) is 21.4. The fourth-order valence-corrected chi connectivity index (χ4v) is 8.74. The standard InChI is InChI=1S/C24H39F3O2/c1-14(15(2)28)18-7-8-19-17-6-5-16-13-23(29,24(25,26)27)12-11-21(16,3)20(17)9-10-22(18,19)4/h14-20,28-29H,5-13H2,1-4H3/t14?,15?,16-,17-,18+,19-,20-,21-,22+,23-/m0/s1. The first kappa shape index (κ1) is 21.9. The summed E-state index contributed by atoms with van der Waals surface area (Å²) < 4.78 is 40.4. The molecule has 4 rings (SSSR count). The molecule has 168 valence electrons. The third kappa shape index (κ3) is 3.11. The highest BCUT2D eigenvalue weighted by molar-refractivity contribution is 5.11. The molecule has 2 N–H and O–H groups in total. The zero-order valence-corrected chi connectivity index (χ0v) is 18.4. The van der Waals surface area contributed by atoms with Gasteiger partial charge in [0, 0.05) is 0 Å². The average molecular weight is 417 g/mol. The van der Waals surface area contributed by atoms with E-state index in [-0.39, 0.29) is 35.7 Å². The van der Waals surface area contributed by atoms with Crippen molar-refractivity contribution in [2.45, 2.75) is 103 Å². The van der Waals surface area contributed by atoms with Crippen LogP contribution >= 0.6 is 0 Å². The van der Waals surface area contributed by atoms with Gasteiger partial charge in [-0.1, -0.05) is 20.8 Å². The van der Waals surface area contributed by atoms with Crippen molar-refractivity contribution in [1.29, 1.82) is 0 Å². The van der Waals surface area contributed by atoms with Gasteiger partial charge in [0.15, 0.2) is 5.60 Å². The molecule has 0 heterocycles. The molecular weight excluding hydrogens is 377 g/mol. The van der Waals surface area contributed by atoms with Crippen LogP contribution in [0.1, 0.15) is 85.5 Å². The van der Waals surface area contributed by atoms with Crippen molar-refractivity contribution in [2.24, 2.45) is 46.3 Å². The maximum atomic E-state index is 13.5. The van der Waals surface area contributed by atoms with E-state index >= 15 is 0 Å². The summed E-state index contributed by atoms with van der Waals surface area (Å²) in [5, 5.41) is 20.6. The van der Waals surface area contributed by atoms with Gasteiger partial charge in [-0.2, -0.15) is 13.2 Å². The van der Waals surface area contributed by atoms with Crippen molar-refractivity contribution in [1.82, 2.24) is 0 Å². The Morgan fingerprint density at radius 1 is 0.862 bits per heavy atom. The van der Waals surface area contributed by atoms with Crippen LogP contribution in [0.4, 0.5) is 13.2 Å². The molecule has 0 aromatic carbocycles. The van der Waals surface area contributed by atoms with Crippen molar-refractivity contribution < 1.29 is 23.4 Å². The Bertz CT molecular complexity index is 634. The van der Waals surface area contributed by atoms with Crippen LogP contribution in [-0.4, -0.2) is 28.1 Å². The third-order valence-electron chi connectivity index (χ3n) is 10.7. The molecule has 0 aliphatic heterocycles. The number of alkyl halides is 3. The van der Waals surface area contributed by atoms with Crippen LogP contribution in [-0.2, 0) is 0 Å². The Hall–Kier alpha value is -0.290. The van der Waals surface area contributed by atoms with E-state index in [0.29, 0.717) is 36.0 Å². The fraction of sp³-hybridized carbons (Fsp3) is 1.00. The number of hydrogen-bond donors (Lipinski definition) is 2. The summed E-state index contributed by atoms with van der Waals surface area (Å²) in [6, 6.07) is 0. The Labute approximate surface area is 173 Å². The number of hydrogen-bond acceptors (Lipinski definition) is 2. The lowest BCUT2D eigenvalue weighted by molar-refractivity contribution is -0.290. The summed E-state index contributed by atoms with van der Waals surface area (Å²) in [7, 11) is 0. The number of aliphatic hydroxyl groups is 2. The largest absolute Gasteiger partial charge is 0.417 e. The molecule has 29 heavy (non-hydrogen) atoms. The minimum Gasteiger partial charge on any atom is -0.393 e. The van der Waals surface area contributed by atoms with E-state index in [1.807, 2.05) is 6.92 Å². The monoisotopic (exact) mass is 416 g/mol. The Morgan fingerprint density at radius 2 is 1.52 bits per heavy atom. The van der Waals surface area contributed by atoms with E-state index in [1.165, 1.54) is 12.8 Å². The molecule has 4 aliphatic carbocycles. The third-order valence-corrected chi connectivity index (χ3v) is 10.7. The first-order valence-corrected chi connectivity index (χ1v) is 11.8. The second-order valence-electron chi connectivity index (χ2n) is 11.7. The van der Waals surface area contributed by atoms with E-state index in [1.54, 1.807) is 0 Å². The molecular formula is C24H39F3O2. The quantitative estimate of drug-likeness (QED) is 0.583. The maximum Gasteiger partial charge on any atom is 0.417 e. The molecule has 0 saturated heterocycles. The predicted molar refractivity (Wildman–Crippen MR) is 107 cm³/mol. The first-order valence-electron chi connectivity index (χ1n) is 11.8. The molecule has 2 unspecified atom stereocenters. The topological polar surface area (TPSA) is 40.5 Å². The van der Waals surface area contributed by atoms with Crippen LogP contribution in [0.3, 0.4) is 0 Å². The molecule has 4 aliphatic rings. The van der Waals surface area contributed by atoms with Crippen molar-refractivity contribution in [3.05, 3.63) is 0 Å². The van der Waals surface area contributed by atoms with Crippen molar-refractivity contribution in [2.75, 3.05) is 0 Å². The van der Waals surface area contributed by atoms with E-state index in [4.69, 9.17) is 0 Å². The van der Waals surface area contributed by atoms with Crippen LogP contribution in [0.2, 0.25) is 0 Å². The van der Waals surface area contributed by atoms with Gasteiger partial charge >= 0.3 is 6.18 Å². The summed E-state index contributed by atoms with van der Waals surface area (Å²) in [6.07, 6.45) is 1.85. The molecule has 2 nitrogen and oxygen atoms in total. The lowest BCUT2D eigenvalue weighted by Crippen LogP contribution is -2.59. The second-order valence-corrected chi connectivity index (χ2v) is 11.7. The van der Waals surface area contributed by atoms with Gasteiger partial charge in [0.05, 0.1) is 6.10 Å². The Balaban J connectivity index is 1.56. The van der Waals surface area contributed by atoms with Crippen LogP contribution in [0.5, 0.6) is 0 Å². The predicted octanol–water partition coefficient (Wildman–Crippen LogP) is 5.96. The normalized spacial score (nSPS) is 52.2. The highest BCUT2D eigenvalue weighted by atomic mass is 19.4. The van der Waals surface area contributed by atoms with Crippen molar-refractivity contribution >= 4 is 0 Å². The molecule has 0 radical (unpaired) electrons. The average Bonchev–Trinajstić information content (AvgIpc) is 2.98. The number of aliphatic hydroxyl groups excluding tert-OH is 1. The molecule has 5 heteroatoms. The summed E-state index contributed by atoms with van der Waals surface area (Å²) in [4.78, 5) is 0. The van der Waals surface area contributed by atoms with Gasteiger partial charge in [0.1, 0.15) is 0 Å². The van der Waals surface area contributed by atoms with Gasteiger partial charge < -0.3 is 10.2 Å². The second kappa shape index (κ2) is 6.85. The summed E-state index contributed by atoms with van der Waals surface area (Å²) in [5.74, 6) is 2.53. The van der Waals surface area contributed by atoms with E-state index in [9.17, 15) is 23.4 Å². The van der Waals surface area contributed by atoms with Crippen LogP contribution in [0, 0.1) is 46.3 Å². The summed E-state index contributed by atoms with van der Waals surface area (Å²) >= 11 is 0. The van der Waals surface area contributed by atoms with E-state index in [0.717, 1.165) is 25.7 Å². The van der Waals surface area contributed by atoms with Gasteiger partial charge in [-0.3, -0.25) is 0 Å². The zero-order valence-electron chi connectivity index (χ0n) is 18.4. The minimum absolute atomic E-state index is 0.0259. The maximum absolute atomic E-state index is 13.5. The van der Waals surface area contributed by atoms with Gasteiger partial charge in [-0.05, 0) is 111 Å². The van der Waals surface area contributed by atoms with Crippen molar-refractivity contribution in [3.8, 4) is 0 Å². The fourth-order valence-electron chi connectivity index (χ4n) is 8.74. The lowest BCUT2D eigenvalue weighted by atomic mass is 9.43. The molecule has 0 spiro atoms. The van der Waals surface area contributed by atoms with Gasteiger partial charge in [0.2, 0.25) is 0 Å². The summed E-state index contributed by atoms with van der Waals surface area (Å²) in [5.41, 5.74) is -2.31. The van der Waals surface area contributed by atoms with E-state index in [2.05, 4.69) is 20.8 Å². The molecule has 0 aromatic rings. The minimum atomic E-state index is -4.52. The first-order chi connectivity index (χ1) is 13.3. The smallest absolute Gasteiger partial charge is 0.393 e. The molecule has 0 amide bonds. The van der Waals surface area contributed by atoms with Crippen LogP contribution in [0.25, 0.3) is 0 Å². The number of rotatable bonds is 2. The molecule has 4 saturated carbocycles. The van der Waals surface area contributed by atoms with Gasteiger partial charge in [-0.25, -0.2) is 0 Å². The molecule has 10 atom stereocenters. The van der Waals surface area contributed by atoms with E-state index < -0.39 is 11.8 Å². The molecule has 4 fully saturated rings. The highest BCUT2D eigenvalue weighted by Crippen LogP contribution is 2.69. The highest BCUT2D eigenvalue weighted by Gasteiger charge is 2.65. The van der Waals surface area contributed by atoms with Gasteiger partial charge in [-0.15, -0.1) is 0 Å². The van der Waals surface area contributed by atoms with Crippen LogP contribution in [0.15, 0.2) is 0 Å². The molecule has 0 bridgehead atoms. The summed E-state index contributed by atoms with van der Waals surface area (Å²) in [6.45, 7) is 8.76. The number of halogens is 3. The number of fused-ring (bicyclic) bond motifs is 5.